The Balaban J connectivity index is 2.07. The van der Waals surface area contributed by atoms with Crippen LogP contribution in [0.15, 0.2) is 24.3 Å². The van der Waals surface area contributed by atoms with Gasteiger partial charge in [0.2, 0.25) is 23.6 Å². The molecule has 1 aromatic carbocycles. The van der Waals surface area contributed by atoms with Crippen LogP contribution in [-0.4, -0.2) is 76.1 Å². The van der Waals surface area contributed by atoms with Gasteiger partial charge in [0.15, 0.2) is 0 Å². The standard InChI is InChI=1S/C23H35N5O6/c1-14(29)20(21(25)32)27-22(33)17(5-2-3-11-24)26-23(34)18-6-4-12-28(18)19(31)13-15-7-9-16(30)10-8-15/h7-10,14,17-18,20,29-30H,2-6,11-13,24H2,1H3,(H2,25,32)(H,26,34)(H,27,33)/t14-,17+,18+,20+/m1/s1. The van der Waals surface area contributed by atoms with Gasteiger partial charge in [-0.15, -0.1) is 0 Å². The van der Waals surface area contributed by atoms with E-state index in [-0.39, 0.29) is 24.5 Å². The van der Waals surface area contributed by atoms with Crippen LogP contribution in [0.1, 0.15) is 44.6 Å². The third-order valence-electron chi connectivity index (χ3n) is 5.83. The van der Waals surface area contributed by atoms with Crippen LogP contribution in [0.5, 0.6) is 5.75 Å². The minimum Gasteiger partial charge on any atom is -0.508 e. The molecule has 34 heavy (non-hydrogen) atoms. The number of aliphatic hydroxyl groups is 1. The van der Waals surface area contributed by atoms with Crippen molar-refractivity contribution in [1.29, 1.82) is 0 Å². The number of aliphatic hydroxyl groups excluding tert-OH is 1. The van der Waals surface area contributed by atoms with E-state index in [1.165, 1.54) is 24.0 Å². The summed E-state index contributed by atoms with van der Waals surface area (Å²) in [5, 5.41) is 24.3. The van der Waals surface area contributed by atoms with Crippen LogP contribution in [0, 0.1) is 0 Å². The molecule has 0 aliphatic carbocycles. The largest absolute Gasteiger partial charge is 0.508 e. The number of carbonyl (C=O) groups excluding carboxylic acids is 4. The van der Waals surface area contributed by atoms with Crippen molar-refractivity contribution in [3.63, 3.8) is 0 Å². The molecule has 4 atom stereocenters. The van der Waals surface area contributed by atoms with Gasteiger partial charge < -0.3 is 37.2 Å². The number of unbranched alkanes of at least 4 members (excludes halogenated alkanes) is 1. The molecular weight excluding hydrogens is 442 g/mol. The second kappa shape index (κ2) is 12.9. The van der Waals surface area contributed by atoms with Crippen molar-refractivity contribution >= 4 is 23.6 Å². The Bertz CT molecular complexity index is 860. The minimum absolute atomic E-state index is 0.0825. The predicted octanol–water partition coefficient (Wildman–Crippen LogP) is -1.11. The summed E-state index contributed by atoms with van der Waals surface area (Å²) < 4.78 is 0. The summed E-state index contributed by atoms with van der Waals surface area (Å²) in [5.41, 5.74) is 11.5. The monoisotopic (exact) mass is 477 g/mol. The van der Waals surface area contributed by atoms with Crippen molar-refractivity contribution in [2.45, 2.75) is 69.7 Å². The highest BCUT2D eigenvalue weighted by molar-refractivity contribution is 5.94. The van der Waals surface area contributed by atoms with Gasteiger partial charge in [-0.05, 0) is 63.3 Å². The lowest BCUT2D eigenvalue weighted by Crippen LogP contribution is -2.58. The zero-order valence-electron chi connectivity index (χ0n) is 19.4. The highest BCUT2D eigenvalue weighted by atomic mass is 16.3. The zero-order valence-corrected chi connectivity index (χ0v) is 19.4. The Morgan fingerprint density at radius 2 is 1.82 bits per heavy atom. The third-order valence-corrected chi connectivity index (χ3v) is 5.83. The van der Waals surface area contributed by atoms with Crippen LogP contribution >= 0.6 is 0 Å². The normalized spacial score (nSPS) is 18.1. The number of hydrogen-bond acceptors (Lipinski definition) is 7. The summed E-state index contributed by atoms with van der Waals surface area (Å²) in [6.45, 7) is 2.17. The van der Waals surface area contributed by atoms with Crippen molar-refractivity contribution in [1.82, 2.24) is 15.5 Å². The molecule has 4 amide bonds. The molecule has 0 spiro atoms. The summed E-state index contributed by atoms with van der Waals surface area (Å²) in [7, 11) is 0. The number of aromatic hydroxyl groups is 1. The van der Waals surface area contributed by atoms with Crippen molar-refractivity contribution in [2.24, 2.45) is 11.5 Å². The minimum atomic E-state index is -1.30. The van der Waals surface area contributed by atoms with Gasteiger partial charge in [0.1, 0.15) is 23.9 Å². The van der Waals surface area contributed by atoms with Gasteiger partial charge in [0.05, 0.1) is 12.5 Å². The van der Waals surface area contributed by atoms with Gasteiger partial charge in [-0.1, -0.05) is 12.1 Å². The summed E-state index contributed by atoms with van der Waals surface area (Å²) >= 11 is 0. The molecule has 11 heteroatoms. The lowest BCUT2D eigenvalue weighted by Gasteiger charge is -2.27. The van der Waals surface area contributed by atoms with Gasteiger partial charge >= 0.3 is 0 Å². The van der Waals surface area contributed by atoms with Crippen LogP contribution in [0.25, 0.3) is 0 Å². The first-order chi connectivity index (χ1) is 16.1. The molecule has 0 saturated carbocycles. The number of phenolic OH excluding ortho intramolecular Hbond substituents is 1. The lowest BCUT2D eigenvalue weighted by molar-refractivity contribution is -0.139. The Morgan fingerprint density at radius 1 is 1.15 bits per heavy atom. The van der Waals surface area contributed by atoms with Crippen LogP contribution in [0.3, 0.4) is 0 Å². The first kappa shape index (κ1) is 27.1. The highest BCUT2D eigenvalue weighted by Gasteiger charge is 2.36. The fraction of sp³-hybridized carbons (Fsp3) is 0.565. The summed E-state index contributed by atoms with van der Waals surface area (Å²) in [6.07, 6.45) is 1.45. The topological polar surface area (TPSA) is 188 Å². The van der Waals surface area contributed by atoms with Crippen molar-refractivity contribution in [3.05, 3.63) is 29.8 Å². The molecule has 0 bridgehead atoms. The quantitative estimate of drug-likeness (QED) is 0.206. The van der Waals surface area contributed by atoms with Gasteiger partial charge in [0, 0.05) is 6.54 Å². The number of nitrogens with one attached hydrogen (secondary N) is 2. The number of rotatable bonds is 12. The van der Waals surface area contributed by atoms with E-state index < -0.39 is 42.0 Å². The van der Waals surface area contributed by atoms with Gasteiger partial charge in [-0.25, -0.2) is 0 Å². The van der Waals surface area contributed by atoms with Crippen LogP contribution in [-0.2, 0) is 25.6 Å². The molecule has 0 radical (unpaired) electrons. The molecule has 1 aliphatic heterocycles. The molecule has 11 nitrogen and oxygen atoms in total. The van der Waals surface area contributed by atoms with Crippen molar-refractivity contribution in [2.75, 3.05) is 13.1 Å². The highest BCUT2D eigenvalue weighted by Crippen LogP contribution is 2.20. The fourth-order valence-electron chi connectivity index (χ4n) is 3.94. The van der Waals surface area contributed by atoms with E-state index >= 15 is 0 Å². The van der Waals surface area contributed by atoms with E-state index in [1.807, 2.05) is 0 Å². The Labute approximate surface area is 198 Å². The average Bonchev–Trinajstić information content (AvgIpc) is 3.28. The van der Waals surface area contributed by atoms with Crippen LogP contribution in [0.2, 0.25) is 0 Å². The Morgan fingerprint density at radius 3 is 2.41 bits per heavy atom. The second-order valence-corrected chi connectivity index (χ2v) is 8.56. The van der Waals surface area contributed by atoms with Crippen molar-refractivity contribution < 1.29 is 29.4 Å². The van der Waals surface area contributed by atoms with E-state index in [9.17, 15) is 29.4 Å². The second-order valence-electron chi connectivity index (χ2n) is 8.56. The molecule has 0 aromatic heterocycles. The number of carbonyl (C=O) groups is 4. The third kappa shape index (κ3) is 7.70. The number of amides is 4. The summed E-state index contributed by atoms with van der Waals surface area (Å²) in [5.74, 6) is -2.12. The molecule has 1 aliphatic rings. The van der Waals surface area contributed by atoms with Gasteiger partial charge in [-0.2, -0.15) is 0 Å². The molecule has 2 rings (SSSR count). The molecule has 1 saturated heterocycles. The number of phenols is 1. The molecule has 188 valence electrons. The molecule has 1 fully saturated rings. The molecule has 1 heterocycles. The fourth-order valence-corrected chi connectivity index (χ4v) is 3.94. The number of nitrogens with zero attached hydrogens (tertiary/aromatic N) is 1. The van der Waals surface area contributed by atoms with E-state index in [2.05, 4.69) is 10.6 Å². The molecular formula is C23H35N5O6. The predicted molar refractivity (Wildman–Crippen MR) is 124 cm³/mol. The maximum atomic E-state index is 13.1. The van der Waals surface area contributed by atoms with Crippen LogP contribution in [0.4, 0.5) is 0 Å². The number of hydrogen-bond donors (Lipinski definition) is 6. The van der Waals surface area contributed by atoms with Gasteiger partial charge in [0.25, 0.3) is 0 Å². The summed E-state index contributed by atoms with van der Waals surface area (Å²) in [4.78, 5) is 51.8. The number of nitrogens with two attached hydrogens (primary N) is 2. The lowest BCUT2D eigenvalue weighted by atomic mass is 10.1. The maximum Gasteiger partial charge on any atom is 0.243 e. The van der Waals surface area contributed by atoms with Crippen LogP contribution < -0.4 is 22.1 Å². The first-order valence-corrected chi connectivity index (χ1v) is 11.5. The van der Waals surface area contributed by atoms with E-state index in [0.717, 1.165) is 0 Å². The van der Waals surface area contributed by atoms with E-state index in [4.69, 9.17) is 11.5 Å². The molecule has 1 aromatic rings. The van der Waals surface area contributed by atoms with E-state index in [1.54, 1.807) is 12.1 Å². The number of primary amides is 1. The van der Waals surface area contributed by atoms with Crippen molar-refractivity contribution in [3.8, 4) is 5.75 Å². The Kier molecular flexibility index (Phi) is 10.3. The first-order valence-electron chi connectivity index (χ1n) is 11.5. The number of benzene rings is 1. The number of likely N-dealkylation sites (tertiary alicyclic amines) is 1. The SMILES string of the molecule is C[C@@H](O)[C@H](NC(=O)[C@H](CCCCN)NC(=O)[C@@H]1CCCN1C(=O)Cc1ccc(O)cc1)C(N)=O. The smallest absolute Gasteiger partial charge is 0.243 e. The zero-order chi connectivity index (χ0) is 25.3. The summed E-state index contributed by atoms with van der Waals surface area (Å²) in [6, 6.07) is 3.28. The maximum absolute atomic E-state index is 13.1. The van der Waals surface area contributed by atoms with Gasteiger partial charge in [-0.3, -0.25) is 19.2 Å². The molecule has 0 unspecified atom stereocenters. The molecule has 8 N–H and O–H groups in total. The average molecular weight is 478 g/mol. The van der Waals surface area contributed by atoms with E-state index in [0.29, 0.717) is 44.3 Å². The Hall–Kier alpha value is -3.18.